The maximum atomic E-state index is 12.4. The first-order valence-corrected chi connectivity index (χ1v) is 9.52. The molecule has 0 aliphatic rings. The number of thiazole rings is 1. The van der Waals surface area contributed by atoms with Crippen molar-refractivity contribution >= 4 is 23.2 Å². The van der Waals surface area contributed by atoms with Gasteiger partial charge in [0.15, 0.2) is 0 Å². The number of nitrogens with zero attached hydrogens (tertiary/aromatic N) is 2. The van der Waals surface area contributed by atoms with Crippen molar-refractivity contribution in [2.45, 2.75) is 26.9 Å². The van der Waals surface area contributed by atoms with Crippen molar-refractivity contribution in [2.24, 2.45) is 0 Å². The standard InChI is InChI=1S/C20H20N4O3S/c1-12(2)27-15-9-7-14(8-10-15)18(25)23-24-19(26)17-13(3)22-20(28-17)16-6-4-5-11-21-16/h4-12H,1-3H3,(H,23,25)(H,24,26). The second-order valence-electron chi connectivity index (χ2n) is 6.25. The van der Waals surface area contributed by atoms with Crippen LogP contribution < -0.4 is 15.6 Å². The van der Waals surface area contributed by atoms with Crippen LogP contribution in [0, 0.1) is 6.92 Å². The van der Waals surface area contributed by atoms with Crippen molar-refractivity contribution in [3.8, 4) is 16.5 Å². The molecule has 0 radical (unpaired) electrons. The molecule has 2 heterocycles. The van der Waals surface area contributed by atoms with Gasteiger partial charge < -0.3 is 4.74 Å². The summed E-state index contributed by atoms with van der Waals surface area (Å²) in [6.07, 6.45) is 1.72. The quantitative estimate of drug-likeness (QED) is 0.645. The summed E-state index contributed by atoms with van der Waals surface area (Å²) in [7, 11) is 0. The van der Waals surface area contributed by atoms with E-state index in [4.69, 9.17) is 4.74 Å². The molecule has 8 heteroatoms. The molecule has 2 aromatic heterocycles. The van der Waals surface area contributed by atoms with Crippen molar-refractivity contribution in [3.05, 3.63) is 64.8 Å². The number of carbonyl (C=O) groups is 2. The van der Waals surface area contributed by atoms with Gasteiger partial charge in [-0.1, -0.05) is 6.07 Å². The van der Waals surface area contributed by atoms with Gasteiger partial charge >= 0.3 is 0 Å². The van der Waals surface area contributed by atoms with Gasteiger partial charge in [-0.05, 0) is 57.2 Å². The lowest BCUT2D eigenvalue weighted by Crippen LogP contribution is -2.41. The Morgan fingerprint density at radius 3 is 2.39 bits per heavy atom. The van der Waals surface area contributed by atoms with E-state index >= 15 is 0 Å². The average Bonchev–Trinajstić information content (AvgIpc) is 3.08. The molecule has 0 fully saturated rings. The van der Waals surface area contributed by atoms with Gasteiger partial charge in [0.2, 0.25) is 0 Å². The third-order valence-electron chi connectivity index (χ3n) is 3.66. The van der Waals surface area contributed by atoms with E-state index in [1.165, 1.54) is 11.3 Å². The lowest BCUT2D eigenvalue weighted by Gasteiger charge is -2.10. The fourth-order valence-corrected chi connectivity index (χ4v) is 3.34. The Hall–Kier alpha value is -3.26. The van der Waals surface area contributed by atoms with E-state index in [1.807, 2.05) is 32.0 Å². The summed E-state index contributed by atoms with van der Waals surface area (Å²) in [5.74, 6) is -0.167. The van der Waals surface area contributed by atoms with Crippen LogP contribution in [0.25, 0.3) is 10.7 Å². The van der Waals surface area contributed by atoms with Gasteiger partial charge in [-0.2, -0.15) is 0 Å². The number of benzene rings is 1. The average molecular weight is 396 g/mol. The Kier molecular flexibility index (Phi) is 6.00. The number of aromatic nitrogens is 2. The highest BCUT2D eigenvalue weighted by Crippen LogP contribution is 2.26. The van der Waals surface area contributed by atoms with E-state index in [2.05, 4.69) is 20.8 Å². The molecule has 144 valence electrons. The molecule has 0 saturated carbocycles. The third-order valence-corrected chi connectivity index (χ3v) is 4.84. The normalized spacial score (nSPS) is 10.6. The molecule has 0 unspecified atom stereocenters. The Bertz CT molecular complexity index is 969. The zero-order valence-corrected chi connectivity index (χ0v) is 16.5. The maximum absolute atomic E-state index is 12.4. The van der Waals surface area contributed by atoms with Gasteiger partial charge in [-0.15, -0.1) is 11.3 Å². The molecule has 0 aliphatic carbocycles. The monoisotopic (exact) mass is 396 g/mol. The van der Waals surface area contributed by atoms with Crippen LogP contribution in [0.1, 0.15) is 39.6 Å². The predicted octanol–water partition coefficient (Wildman–Crippen LogP) is 3.38. The molecule has 0 spiro atoms. The van der Waals surface area contributed by atoms with Crippen molar-refractivity contribution in [2.75, 3.05) is 0 Å². The SMILES string of the molecule is Cc1nc(-c2ccccn2)sc1C(=O)NNC(=O)c1ccc(OC(C)C)cc1. The second kappa shape index (κ2) is 8.62. The second-order valence-corrected chi connectivity index (χ2v) is 7.25. The van der Waals surface area contributed by atoms with Crippen LogP contribution >= 0.6 is 11.3 Å². The fraction of sp³-hybridized carbons (Fsp3) is 0.200. The summed E-state index contributed by atoms with van der Waals surface area (Å²) in [6.45, 7) is 5.60. The summed E-state index contributed by atoms with van der Waals surface area (Å²) < 4.78 is 5.54. The number of hydrogen-bond donors (Lipinski definition) is 2. The molecule has 28 heavy (non-hydrogen) atoms. The Morgan fingerprint density at radius 1 is 1.04 bits per heavy atom. The van der Waals surface area contributed by atoms with Gasteiger partial charge in [-0.3, -0.25) is 25.4 Å². The van der Waals surface area contributed by atoms with Gasteiger partial charge in [0.25, 0.3) is 11.8 Å². The van der Waals surface area contributed by atoms with Crippen molar-refractivity contribution in [1.82, 2.24) is 20.8 Å². The van der Waals surface area contributed by atoms with Crippen molar-refractivity contribution < 1.29 is 14.3 Å². The number of rotatable bonds is 5. The van der Waals surface area contributed by atoms with Crippen LogP contribution in [0.15, 0.2) is 48.7 Å². The Morgan fingerprint density at radius 2 is 1.75 bits per heavy atom. The van der Waals surface area contributed by atoms with E-state index in [0.29, 0.717) is 32.6 Å². The molecular formula is C20H20N4O3S. The number of hydrazine groups is 1. The molecule has 7 nitrogen and oxygen atoms in total. The molecular weight excluding hydrogens is 376 g/mol. The number of ether oxygens (including phenoxy) is 1. The molecule has 0 atom stereocenters. The highest BCUT2D eigenvalue weighted by Gasteiger charge is 2.17. The number of amides is 2. The summed E-state index contributed by atoms with van der Waals surface area (Å²) in [6, 6.07) is 12.2. The smallest absolute Gasteiger partial charge is 0.281 e. The minimum atomic E-state index is -0.426. The van der Waals surface area contributed by atoms with Gasteiger partial charge in [-0.25, -0.2) is 4.98 Å². The zero-order chi connectivity index (χ0) is 20.1. The van der Waals surface area contributed by atoms with Crippen LogP contribution in [0.4, 0.5) is 0 Å². The van der Waals surface area contributed by atoms with E-state index in [9.17, 15) is 9.59 Å². The molecule has 0 aliphatic heterocycles. The molecule has 0 bridgehead atoms. The number of pyridine rings is 1. The minimum absolute atomic E-state index is 0.0533. The lowest BCUT2D eigenvalue weighted by molar-refractivity contribution is 0.0848. The third kappa shape index (κ3) is 4.72. The Balaban J connectivity index is 1.62. The molecule has 1 aromatic carbocycles. The van der Waals surface area contributed by atoms with Crippen LogP contribution in [0.2, 0.25) is 0 Å². The van der Waals surface area contributed by atoms with Crippen molar-refractivity contribution in [3.63, 3.8) is 0 Å². The van der Waals surface area contributed by atoms with E-state index in [1.54, 1.807) is 37.4 Å². The van der Waals surface area contributed by atoms with Crippen LogP contribution in [-0.4, -0.2) is 27.9 Å². The van der Waals surface area contributed by atoms with Gasteiger partial charge in [0.05, 0.1) is 17.5 Å². The number of nitrogens with one attached hydrogen (secondary N) is 2. The molecule has 2 amide bonds. The van der Waals surface area contributed by atoms with Crippen LogP contribution in [0.5, 0.6) is 5.75 Å². The first-order chi connectivity index (χ1) is 13.4. The topological polar surface area (TPSA) is 93.2 Å². The summed E-state index contributed by atoms with van der Waals surface area (Å²) >= 11 is 1.22. The number of hydrogen-bond acceptors (Lipinski definition) is 6. The maximum Gasteiger partial charge on any atom is 0.281 e. The first-order valence-electron chi connectivity index (χ1n) is 8.70. The van der Waals surface area contributed by atoms with Crippen LogP contribution in [-0.2, 0) is 0 Å². The largest absolute Gasteiger partial charge is 0.491 e. The number of aryl methyl sites for hydroxylation is 1. The minimum Gasteiger partial charge on any atom is -0.491 e. The first kappa shape index (κ1) is 19.5. The molecule has 0 saturated heterocycles. The summed E-state index contributed by atoms with van der Waals surface area (Å²) in [5, 5.41) is 0.648. The van der Waals surface area contributed by atoms with Gasteiger partial charge in [0.1, 0.15) is 15.6 Å². The van der Waals surface area contributed by atoms with E-state index in [-0.39, 0.29) is 6.10 Å². The van der Waals surface area contributed by atoms with Crippen molar-refractivity contribution in [1.29, 1.82) is 0 Å². The molecule has 3 aromatic rings. The predicted molar refractivity (Wildman–Crippen MR) is 107 cm³/mol. The van der Waals surface area contributed by atoms with E-state index < -0.39 is 11.8 Å². The van der Waals surface area contributed by atoms with E-state index in [0.717, 1.165) is 0 Å². The highest BCUT2D eigenvalue weighted by atomic mass is 32.1. The van der Waals surface area contributed by atoms with Gasteiger partial charge in [0, 0.05) is 11.8 Å². The number of carbonyl (C=O) groups excluding carboxylic acids is 2. The Labute approximate surface area is 166 Å². The zero-order valence-electron chi connectivity index (χ0n) is 15.7. The fourth-order valence-electron chi connectivity index (χ4n) is 2.41. The lowest BCUT2D eigenvalue weighted by atomic mass is 10.2. The summed E-state index contributed by atoms with van der Waals surface area (Å²) in [5.41, 5.74) is 6.53. The van der Waals surface area contributed by atoms with Crippen LogP contribution in [0.3, 0.4) is 0 Å². The highest BCUT2D eigenvalue weighted by molar-refractivity contribution is 7.17. The molecule has 2 N–H and O–H groups in total. The molecule has 3 rings (SSSR count). The summed E-state index contributed by atoms with van der Waals surface area (Å²) in [4.78, 5) is 33.7.